The van der Waals surface area contributed by atoms with Crippen LogP contribution < -0.4 is 11.1 Å². The van der Waals surface area contributed by atoms with Crippen molar-refractivity contribution in [2.45, 2.75) is 26.4 Å². The number of anilines is 1. The molecule has 0 spiro atoms. The first kappa shape index (κ1) is 14.7. The van der Waals surface area contributed by atoms with Gasteiger partial charge in [-0.2, -0.15) is 0 Å². The van der Waals surface area contributed by atoms with Crippen molar-refractivity contribution in [1.82, 2.24) is 10.2 Å². The predicted molar refractivity (Wildman–Crippen MR) is 69.5 cm³/mol. The summed E-state index contributed by atoms with van der Waals surface area (Å²) in [5.74, 6) is -0.0787. The van der Waals surface area contributed by atoms with E-state index in [1.807, 2.05) is 6.92 Å². The van der Waals surface area contributed by atoms with E-state index in [-0.39, 0.29) is 22.7 Å². The fraction of sp³-hybridized carbons (Fsp3) is 0.545. The van der Waals surface area contributed by atoms with Crippen molar-refractivity contribution in [3.8, 4) is 0 Å². The maximum absolute atomic E-state index is 11.2. The molecule has 1 heterocycles. The van der Waals surface area contributed by atoms with Crippen LogP contribution in [0.25, 0.3) is 0 Å². The second-order valence-electron chi connectivity index (χ2n) is 4.36. The molecule has 18 heavy (non-hydrogen) atoms. The molecule has 1 amide bonds. The third-order valence-corrected chi connectivity index (χ3v) is 2.58. The van der Waals surface area contributed by atoms with Gasteiger partial charge in [-0.05, 0) is 25.3 Å². The minimum atomic E-state index is -0.613. The van der Waals surface area contributed by atoms with Gasteiger partial charge in [0, 0.05) is 6.54 Å². The molecule has 0 aromatic carbocycles. The molecule has 4 N–H and O–H groups in total. The quantitative estimate of drug-likeness (QED) is 0.718. The van der Waals surface area contributed by atoms with Gasteiger partial charge < -0.3 is 16.2 Å². The van der Waals surface area contributed by atoms with Crippen molar-refractivity contribution >= 4 is 23.3 Å². The molecule has 1 aromatic heterocycles. The Morgan fingerprint density at radius 3 is 2.78 bits per heavy atom. The van der Waals surface area contributed by atoms with Crippen LogP contribution in [0.2, 0.25) is 5.15 Å². The van der Waals surface area contributed by atoms with E-state index in [0.717, 1.165) is 0 Å². The first-order valence-corrected chi connectivity index (χ1v) is 6.03. The lowest BCUT2D eigenvalue weighted by molar-refractivity contribution is 0.100. The van der Waals surface area contributed by atoms with E-state index in [1.54, 1.807) is 6.92 Å². The van der Waals surface area contributed by atoms with E-state index in [2.05, 4.69) is 15.5 Å². The van der Waals surface area contributed by atoms with Crippen LogP contribution in [-0.4, -0.2) is 33.9 Å². The number of amides is 1. The van der Waals surface area contributed by atoms with E-state index < -0.39 is 5.91 Å². The van der Waals surface area contributed by atoms with Crippen molar-refractivity contribution < 1.29 is 9.90 Å². The Hall–Kier alpha value is -1.40. The van der Waals surface area contributed by atoms with Crippen LogP contribution in [0.4, 0.5) is 5.82 Å². The zero-order valence-electron chi connectivity index (χ0n) is 10.4. The van der Waals surface area contributed by atoms with Gasteiger partial charge in [0.15, 0.2) is 11.0 Å². The number of nitrogens with one attached hydrogen (secondary N) is 1. The van der Waals surface area contributed by atoms with Crippen molar-refractivity contribution in [3.63, 3.8) is 0 Å². The molecule has 0 bridgehead atoms. The number of halogens is 1. The first-order chi connectivity index (χ1) is 8.40. The normalized spacial score (nSPS) is 14.0. The maximum Gasteiger partial charge on any atom is 0.252 e. The molecule has 1 rings (SSSR count). The molecule has 1 aromatic rings. The first-order valence-electron chi connectivity index (χ1n) is 5.65. The largest absolute Gasteiger partial charge is 0.393 e. The summed E-state index contributed by atoms with van der Waals surface area (Å²) in [4.78, 5) is 11.2. The summed E-state index contributed by atoms with van der Waals surface area (Å²) in [7, 11) is 0. The number of nitrogens with two attached hydrogens (primary N) is 1. The smallest absolute Gasteiger partial charge is 0.252 e. The number of aliphatic hydroxyl groups excluding tert-OH is 1. The molecule has 100 valence electrons. The van der Waals surface area contributed by atoms with Crippen molar-refractivity contribution in [2.75, 3.05) is 11.9 Å². The second-order valence-corrected chi connectivity index (χ2v) is 4.75. The summed E-state index contributed by atoms with van der Waals surface area (Å²) in [6.07, 6.45) is 0.286. The van der Waals surface area contributed by atoms with Crippen LogP contribution in [0, 0.1) is 5.92 Å². The SMILES string of the molecule is CC(O)CC(C)CNc1nnc(Cl)cc1C(N)=O. The molecule has 0 aliphatic rings. The van der Waals surface area contributed by atoms with E-state index in [4.69, 9.17) is 17.3 Å². The van der Waals surface area contributed by atoms with Crippen LogP contribution in [-0.2, 0) is 0 Å². The maximum atomic E-state index is 11.2. The van der Waals surface area contributed by atoms with Crippen LogP contribution in [0.5, 0.6) is 0 Å². The molecular formula is C11H17ClN4O2. The highest BCUT2D eigenvalue weighted by molar-refractivity contribution is 6.29. The molecular weight excluding hydrogens is 256 g/mol. The number of carbonyl (C=O) groups is 1. The number of hydrogen-bond acceptors (Lipinski definition) is 5. The van der Waals surface area contributed by atoms with Crippen molar-refractivity contribution in [2.24, 2.45) is 11.7 Å². The standard InChI is InChI=1S/C11H17ClN4O2/c1-6(3-7(2)17)5-14-11-8(10(13)18)4-9(12)15-16-11/h4,6-7,17H,3,5H2,1-2H3,(H2,13,18)(H,14,16). The highest BCUT2D eigenvalue weighted by Gasteiger charge is 2.13. The van der Waals surface area contributed by atoms with Gasteiger partial charge in [0.2, 0.25) is 0 Å². The fourth-order valence-electron chi connectivity index (χ4n) is 1.62. The van der Waals surface area contributed by atoms with Crippen LogP contribution in [0.3, 0.4) is 0 Å². The number of hydrogen-bond donors (Lipinski definition) is 3. The molecule has 0 fully saturated rings. The molecule has 7 heteroatoms. The Kier molecular flexibility index (Phi) is 5.30. The summed E-state index contributed by atoms with van der Waals surface area (Å²) in [6.45, 7) is 4.27. The average molecular weight is 273 g/mol. The summed E-state index contributed by atoms with van der Waals surface area (Å²) in [6, 6.07) is 1.37. The number of nitrogens with zero attached hydrogens (tertiary/aromatic N) is 2. The van der Waals surface area contributed by atoms with Gasteiger partial charge in [-0.25, -0.2) is 0 Å². The van der Waals surface area contributed by atoms with E-state index in [9.17, 15) is 9.90 Å². The Bertz CT molecular complexity index is 426. The lowest BCUT2D eigenvalue weighted by Gasteiger charge is -2.15. The summed E-state index contributed by atoms with van der Waals surface area (Å²) in [5.41, 5.74) is 5.43. The van der Waals surface area contributed by atoms with E-state index in [0.29, 0.717) is 18.8 Å². The van der Waals surface area contributed by atoms with Gasteiger partial charge in [0.05, 0.1) is 11.7 Å². The minimum Gasteiger partial charge on any atom is -0.393 e. The average Bonchev–Trinajstić information content (AvgIpc) is 2.26. The summed E-state index contributed by atoms with van der Waals surface area (Å²) in [5, 5.41) is 19.8. The Labute approximate surface area is 111 Å². The van der Waals surface area contributed by atoms with Gasteiger partial charge in [-0.15, -0.1) is 10.2 Å². The lowest BCUT2D eigenvalue weighted by Crippen LogP contribution is -2.20. The molecule has 0 radical (unpaired) electrons. The topological polar surface area (TPSA) is 101 Å². The van der Waals surface area contributed by atoms with Crippen LogP contribution in [0.1, 0.15) is 30.6 Å². The van der Waals surface area contributed by atoms with Crippen molar-refractivity contribution in [3.05, 3.63) is 16.8 Å². The van der Waals surface area contributed by atoms with E-state index >= 15 is 0 Å². The molecule has 0 saturated heterocycles. The fourth-order valence-corrected chi connectivity index (χ4v) is 1.77. The highest BCUT2D eigenvalue weighted by Crippen LogP contribution is 2.15. The van der Waals surface area contributed by atoms with Crippen molar-refractivity contribution in [1.29, 1.82) is 0 Å². The number of aliphatic hydroxyl groups is 1. The number of primary amides is 1. The van der Waals surface area contributed by atoms with Gasteiger partial charge >= 0.3 is 0 Å². The minimum absolute atomic E-state index is 0.117. The lowest BCUT2D eigenvalue weighted by atomic mass is 10.0. The Morgan fingerprint density at radius 1 is 1.56 bits per heavy atom. The zero-order chi connectivity index (χ0) is 13.7. The Balaban J connectivity index is 2.70. The molecule has 0 saturated carbocycles. The predicted octanol–water partition coefficient (Wildman–Crippen LogP) is 1.05. The van der Waals surface area contributed by atoms with Crippen LogP contribution >= 0.6 is 11.6 Å². The summed E-state index contributed by atoms with van der Waals surface area (Å²) < 4.78 is 0. The molecule has 0 aliphatic carbocycles. The number of rotatable bonds is 6. The van der Waals surface area contributed by atoms with Gasteiger partial charge in [0.1, 0.15) is 0 Å². The van der Waals surface area contributed by atoms with Gasteiger partial charge in [0.25, 0.3) is 5.91 Å². The monoisotopic (exact) mass is 272 g/mol. The Morgan fingerprint density at radius 2 is 2.22 bits per heavy atom. The molecule has 2 atom stereocenters. The third kappa shape index (κ3) is 4.46. The third-order valence-electron chi connectivity index (χ3n) is 2.39. The summed E-state index contributed by atoms with van der Waals surface area (Å²) >= 11 is 5.65. The van der Waals surface area contributed by atoms with Crippen LogP contribution in [0.15, 0.2) is 6.07 Å². The second kappa shape index (κ2) is 6.51. The molecule has 2 unspecified atom stereocenters. The molecule has 0 aliphatic heterocycles. The van der Waals surface area contributed by atoms with E-state index in [1.165, 1.54) is 6.07 Å². The highest BCUT2D eigenvalue weighted by atomic mass is 35.5. The van der Waals surface area contributed by atoms with Gasteiger partial charge in [-0.1, -0.05) is 18.5 Å². The molecule has 6 nitrogen and oxygen atoms in total. The number of carbonyl (C=O) groups excluding carboxylic acids is 1. The number of aromatic nitrogens is 2. The zero-order valence-corrected chi connectivity index (χ0v) is 11.1. The van der Waals surface area contributed by atoms with Gasteiger partial charge in [-0.3, -0.25) is 4.79 Å².